The molecular formula is C26H31N5O4. The van der Waals surface area contributed by atoms with Gasteiger partial charge in [-0.3, -0.25) is 9.78 Å². The summed E-state index contributed by atoms with van der Waals surface area (Å²) in [6.45, 7) is 3.81. The zero-order valence-electron chi connectivity index (χ0n) is 20.1. The maximum atomic E-state index is 13.1. The Bertz CT molecular complexity index is 1240. The number of amides is 3. The number of hydrogen-bond donors (Lipinski definition) is 3. The summed E-state index contributed by atoms with van der Waals surface area (Å²) in [5.41, 5.74) is 3.26. The fourth-order valence-electron chi connectivity index (χ4n) is 5.46. The zero-order valence-corrected chi connectivity index (χ0v) is 20.1. The number of H-pyrrole nitrogens is 1. The zero-order chi connectivity index (χ0) is 24.6. The number of aliphatic hydroxyl groups is 1. The molecule has 2 aromatic heterocycles. The Hall–Kier alpha value is -3.59. The molecule has 3 amide bonds. The maximum absolute atomic E-state index is 13.1. The summed E-state index contributed by atoms with van der Waals surface area (Å²) in [5, 5.41) is 14.3. The first-order valence-electron chi connectivity index (χ1n) is 12.0. The minimum absolute atomic E-state index is 0.0398. The van der Waals surface area contributed by atoms with Crippen molar-refractivity contribution in [3.63, 3.8) is 0 Å². The number of fused-ring (bicyclic) bond motifs is 4. The Balaban J connectivity index is 1.50. The van der Waals surface area contributed by atoms with Gasteiger partial charge in [-0.2, -0.15) is 0 Å². The Morgan fingerprint density at radius 1 is 1.29 bits per heavy atom. The van der Waals surface area contributed by atoms with Gasteiger partial charge in [0.2, 0.25) is 5.91 Å². The molecular weight excluding hydrogens is 446 g/mol. The van der Waals surface area contributed by atoms with Gasteiger partial charge in [0.05, 0.1) is 31.6 Å². The highest BCUT2D eigenvalue weighted by Gasteiger charge is 2.54. The first-order valence-corrected chi connectivity index (χ1v) is 12.0. The lowest BCUT2D eigenvalue weighted by atomic mass is 9.68. The van der Waals surface area contributed by atoms with Crippen molar-refractivity contribution in [2.24, 2.45) is 0 Å². The Morgan fingerprint density at radius 2 is 2.11 bits per heavy atom. The van der Waals surface area contributed by atoms with Crippen molar-refractivity contribution in [1.82, 2.24) is 25.1 Å². The highest BCUT2D eigenvalue weighted by molar-refractivity contribution is 5.90. The standard InChI is InChI=1S/C26H31N5O4/c1-3-8-28-25(34)31-16-26(14-30(15-26)22(33)10-17-5-4-9-27-12-17)23-19-7-6-18(35-2)11-20(19)29-24(23)21(31)13-32/h4-7,9,11-12,21,29,32H,3,8,10,13-16H2,1-2H3,(H,28,34)/t21-/m0/s1. The van der Waals surface area contributed by atoms with E-state index in [0.29, 0.717) is 32.6 Å². The van der Waals surface area contributed by atoms with E-state index in [4.69, 9.17) is 4.74 Å². The molecule has 0 unspecified atom stereocenters. The molecule has 9 nitrogen and oxygen atoms in total. The largest absolute Gasteiger partial charge is 0.497 e. The third-order valence-electron chi connectivity index (χ3n) is 7.13. The van der Waals surface area contributed by atoms with Gasteiger partial charge in [-0.25, -0.2) is 4.79 Å². The van der Waals surface area contributed by atoms with Gasteiger partial charge in [0.15, 0.2) is 0 Å². The fraction of sp³-hybridized carbons (Fsp3) is 0.423. The quantitative estimate of drug-likeness (QED) is 0.505. The van der Waals surface area contributed by atoms with Crippen LogP contribution in [0.2, 0.25) is 0 Å². The first-order chi connectivity index (χ1) is 17.0. The van der Waals surface area contributed by atoms with Gasteiger partial charge < -0.3 is 29.9 Å². The molecule has 1 spiro atoms. The van der Waals surface area contributed by atoms with Crippen LogP contribution < -0.4 is 10.1 Å². The lowest BCUT2D eigenvalue weighted by molar-refractivity contribution is -0.139. The van der Waals surface area contributed by atoms with Crippen LogP contribution in [0.25, 0.3) is 10.9 Å². The van der Waals surface area contributed by atoms with Crippen LogP contribution in [0.15, 0.2) is 42.7 Å². The highest BCUT2D eigenvalue weighted by Crippen LogP contribution is 2.48. The maximum Gasteiger partial charge on any atom is 0.318 e. The molecule has 1 atom stereocenters. The van der Waals surface area contributed by atoms with Crippen LogP contribution in [-0.4, -0.2) is 76.7 Å². The number of urea groups is 1. The van der Waals surface area contributed by atoms with Gasteiger partial charge in [0, 0.05) is 61.2 Å². The Kier molecular flexibility index (Phi) is 6.10. The molecule has 184 valence electrons. The van der Waals surface area contributed by atoms with Crippen molar-refractivity contribution >= 4 is 22.8 Å². The molecule has 1 aromatic carbocycles. The third kappa shape index (κ3) is 3.99. The van der Waals surface area contributed by atoms with E-state index in [2.05, 4.69) is 15.3 Å². The van der Waals surface area contributed by atoms with E-state index in [-0.39, 0.29) is 18.5 Å². The smallest absolute Gasteiger partial charge is 0.318 e. The number of aliphatic hydroxyl groups excluding tert-OH is 1. The third-order valence-corrected chi connectivity index (χ3v) is 7.13. The number of pyridine rings is 1. The van der Waals surface area contributed by atoms with Crippen molar-refractivity contribution in [2.45, 2.75) is 31.2 Å². The lowest BCUT2D eigenvalue weighted by Gasteiger charge is -2.56. The number of benzene rings is 1. The van der Waals surface area contributed by atoms with Crippen molar-refractivity contribution in [3.8, 4) is 5.75 Å². The SMILES string of the molecule is CCCNC(=O)N1CC2(CN(C(=O)Cc3cccnc3)C2)c2c([nH]c3cc(OC)ccc23)[C@@H]1CO. The molecule has 2 aliphatic rings. The van der Waals surface area contributed by atoms with Crippen molar-refractivity contribution in [2.75, 3.05) is 39.9 Å². The fourth-order valence-corrected chi connectivity index (χ4v) is 5.46. The normalized spacial score (nSPS) is 18.3. The molecule has 35 heavy (non-hydrogen) atoms. The molecule has 2 aliphatic heterocycles. The predicted octanol–water partition coefficient (Wildman–Crippen LogP) is 2.36. The molecule has 3 N–H and O–H groups in total. The Morgan fingerprint density at radius 3 is 2.80 bits per heavy atom. The number of aromatic amines is 1. The number of ether oxygens (including phenoxy) is 1. The van der Waals surface area contributed by atoms with Crippen molar-refractivity contribution < 1.29 is 19.4 Å². The van der Waals surface area contributed by atoms with E-state index in [1.165, 1.54) is 0 Å². The van der Waals surface area contributed by atoms with Crippen LogP contribution in [0.5, 0.6) is 5.75 Å². The number of nitrogens with one attached hydrogen (secondary N) is 2. The molecule has 3 aromatic rings. The molecule has 4 heterocycles. The van der Waals surface area contributed by atoms with Gasteiger partial charge in [-0.15, -0.1) is 0 Å². The molecule has 0 saturated carbocycles. The molecule has 0 aliphatic carbocycles. The average Bonchev–Trinajstić information content (AvgIpc) is 3.24. The second kappa shape index (κ2) is 9.22. The summed E-state index contributed by atoms with van der Waals surface area (Å²) < 4.78 is 5.41. The van der Waals surface area contributed by atoms with Crippen LogP contribution in [0.4, 0.5) is 4.79 Å². The average molecular weight is 478 g/mol. The van der Waals surface area contributed by atoms with Crippen molar-refractivity contribution in [1.29, 1.82) is 0 Å². The predicted molar refractivity (Wildman–Crippen MR) is 131 cm³/mol. The number of aromatic nitrogens is 2. The summed E-state index contributed by atoms with van der Waals surface area (Å²) in [6, 6.07) is 8.91. The summed E-state index contributed by atoms with van der Waals surface area (Å²) in [7, 11) is 1.62. The van der Waals surface area contributed by atoms with E-state index < -0.39 is 11.5 Å². The van der Waals surface area contributed by atoms with Crippen LogP contribution in [-0.2, 0) is 16.6 Å². The highest BCUT2D eigenvalue weighted by atomic mass is 16.5. The Labute approximate surface area is 204 Å². The number of rotatable bonds is 6. The number of carbonyl (C=O) groups excluding carboxylic acids is 2. The van der Waals surface area contributed by atoms with Crippen LogP contribution in [0.1, 0.15) is 36.2 Å². The van der Waals surface area contributed by atoms with Gasteiger partial charge >= 0.3 is 6.03 Å². The molecule has 0 radical (unpaired) electrons. The van der Waals surface area contributed by atoms with E-state index >= 15 is 0 Å². The summed E-state index contributed by atoms with van der Waals surface area (Å²) >= 11 is 0. The van der Waals surface area contributed by atoms with Gasteiger partial charge in [-0.05, 0) is 35.7 Å². The molecule has 5 rings (SSSR count). The van der Waals surface area contributed by atoms with Gasteiger partial charge in [0.25, 0.3) is 0 Å². The molecule has 1 fully saturated rings. The summed E-state index contributed by atoms with van der Waals surface area (Å²) in [4.78, 5) is 37.3. The second-order valence-corrected chi connectivity index (χ2v) is 9.45. The van der Waals surface area contributed by atoms with E-state index in [1.54, 1.807) is 24.4 Å². The van der Waals surface area contributed by atoms with E-state index in [9.17, 15) is 14.7 Å². The number of hydrogen-bond acceptors (Lipinski definition) is 5. The lowest BCUT2D eigenvalue weighted by Crippen LogP contribution is -2.68. The minimum Gasteiger partial charge on any atom is -0.497 e. The summed E-state index contributed by atoms with van der Waals surface area (Å²) in [5.74, 6) is 0.767. The van der Waals surface area contributed by atoms with Crippen molar-refractivity contribution in [3.05, 3.63) is 59.5 Å². The molecule has 0 bridgehead atoms. The topological polar surface area (TPSA) is 111 Å². The number of nitrogens with zero attached hydrogens (tertiary/aromatic N) is 3. The number of methoxy groups -OCH3 is 1. The molecule has 1 saturated heterocycles. The second-order valence-electron chi connectivity index (χ2n) is 9.45. The van der Waals surface area contributed by atoms with Crippen LogP contribution >= 0.6 is 0 Å². The van der Waals surface area contributed by atoms with Crippen LogP contribution in [0.3, 0.4) is 0 Å². The minimum atomic E-state index is -0.494. The van der Waals surface area contributed by atoms with Crippen LogP contribution in [0, 0.1) is 0 Å². The summed E-state index contributed by atoms with van der Waals surface area (Å²) in [6.07, 6.45) is 4.52. The monoisotopic (exact) mass is 477 g/mol. The van der Waals surface area contributed by atoms with Gasteiger partial charge in [0.1, 0.15) is 5.75 Å². The molecule has 9 heteroatoms. The number of carbonyl (C=O) groups is 2. The van der Waals surface area contributed by atoms with E-state index in [0.717, 1.165) is 39.9 Å². The van der Waals surface area contributed by atoms with Gasteiger partial charge in [-0.1, -0.05) is 13.0 Å². The number of likely N-dealkylation sites (tertiary alicyclic amines) is 1. The first kappa shape index (κ1) is 23.2. The van der Waals surface area contributed by atoms with E-state index in [1.807, 2.05) is 42.2 Å².